The van der Waals surface area contributed by atoms with Gasteiger partial charge in [0, 0.05) is 39.0 Å². The third kappa shape index (κ3) is 4.22. The van der Waals surface area contributed by atoms with Crippen LogP contribution in [0.4, 0.5) is 0 Å². The molecule has 1 aliphatic carbocycles. The fourth-order valence-corrected chi connectivity index (χ4v) is 3.51. The van der Waals surface area contributed by atoms with E-state index in [4.69, 9.17) is 0 Å². The number of carbonyl (C=O) groups excluding carboxylic acids is 2. The first-order valence-electron chi connectivity index (χ1n) is 8.23. The molecule has 1 aliphatic heterocycles. The summed E-state index contributed by atoms with van der Waals surface area (Å²) in [7, 11) is 0. The maximum Gasteiger partial charge on any atom is 0.224 e. The van der Waals surface area contributed by atoms with Crippen molar-refractivity contribution in [2.75, 3.05) is 19.6 Å². The number of rotatable bonds is 4. The monoisotopic (exact) mass is 280 g/mol. The summed E-state index contributed by atoms with van der Waals surface area (Å²) < 4.78 is 0. The summed E-state index contributed by atoms with van der Waals surface area (Å²) in [4.78, 5) is 28.0. The molecule has 1 heterocycles. The third-order valence-electron chi connectivity index (χ3n) is 4.70. The van der Waals surface area contributed by atoms with Crippen molar-refractivity contribution >= 4 is 11.8 Å². The lowest BCUT2D eigenvalue weighted by Crippen LogP contribution is -2.41. The summed E-state index contributed by atoms with van der Waals surface area (Å²) in [5, 5.41) is 0. The molecule has 1 saturated heterocycles. The lowest BCUT2D eigenvalue weighted by atomic mass is 10.2. The van der Waals surface area contributed by atoms with Crippen molar-refractivity contribution in [3.05, 3.63) is 0 Å². The fourth-order valence-electron chi connectivity index (χ4n) is 3.51. The van der Waals surface area contributed by atoms with Crippen LogP contribution in [-0.2, 0) is 9.59 Å². The molecule has 0 unspecified atom stereocenters. The highest BCUT2D eigenvalue weighted by Crippen LogP contribution is 2.24. The van der Waals surface area contributed by atoms with Gasteiger partial charge in [0.2, 0.25) is 11.8 Å². The van der Waals surface area contributed by atoms with Crippen molar-refractivity contribution in [1.29, 1.82) is 0 Å². The highest BCUT2D eigenvalue weighted by atomic mass is 16.2. The first kappa shape index (κ1) is 15.3. The Kier molecular flexibility index (Phi) is 5.86. The fraction of sp³-hybridized carbons (Fsp3) is 0.875. The van der Waals surface area contributed by atoms with Gasteiger partial charge in [-0.25, -0.2) is 0 Å². The summed E-state index contributed by atoms with van der Waals surface area (Å²) in [5.41, 5.74) is 0. The molecule has 2 rings (SSSR count). The maximum atomic E-state index is 12.3. The molecule has 2 fully saturated rings. The number of hydrogen-bond donors (Lipinski definition) is 0. The van der Waals surface area contributed by atoms with Gasteiger partial charge < -0.3 is 9.80 Å². The van der Waals surface area contributed by atoms with Gasteiger partial charge in [0.25, 0.3) is 0 Å². The van der Waals surface area contributed by atoms with E-state index in [1.165, 1.54) is 25.7 Å². The average molecular weight is 280 g/mol. The van der Waals surface area contributed by atoms with Crippen LogP contribution in [0.25, 0.3) is 0 Å². The Hall–Kier alpha value is -1.06. The molecular formula is C16H28N2O2. The van der Waals surface area contributed by atoms with Crippen LogP contribution in [0.5, 0.6) is 0 Å². The van der Waals surface area contributed by atoms with Crippen LogP contribution in [0.1, 0.15) is 64.7 Å². The molecule has 1 saturated carbocycles. The van der Waals surface area contributed by atoms with Gasteiger partial charge in [-0.1, -0.05) is 25.7 Å². The van der Waals surface area contributed by atoms with Crippen LogP contribution < -0.4 is 0 Å². The van der Waals surface area contributed by atoms with Crippen LogP contribution in [0.2, 0.25) is 0 Å². The molecule has 0 aromatic heterocycles. The second-order valence-corrected chi connectivity index (χ2v) is 6.20. The Balaban J connectivity index is 1.81. The van der Waals surface area contributed by atoms with Crippen LogP contribution in [0.15, 0.2) is 0 Å². The SMILES string of the molecule is CC(=O)N(CCC(=O)N1CCCCCC1)C1CCCC1. The number of carbonyl (C=O) groups is 2. The van der Waals surface area contributed by atoms with E-state index in [9.17, 15) is 9.59 Å². The molecule has 0 atom stereocenters. The second kappa shape index (κ2) is 7.65. The van der Waals surface area contributed by atoms with Crippen molar-refractivity contribution in [3.63, 3.8) is 0 Å². The van der Waals surface area contributed by atoms with Gasteiger partial charge in [-0.3, -0.25) is 9.59 Å². The Labute approximate surface area is 122 Å². The molecule has 0 aromatic rings. The summed E-state index contributed by atoms with van der Waals surface area (Å²) >= 11 is 0. The predicted molar refractivity (Wildman–Crippen MR) is 79.3 cm³/mol. The highest BCUT2D eigenvalue weighted by molar-refractivity contribution is 5.78. The van der Waals surface area contributed by atoms with Gasteiger partial charge in [0.1, 0.15) is 0 Å². The van der Waals surface area contributed by atoms with E-state index >= 15 is 0 Å². The molecule has 0 aromatic carbocycles. The van der Waals surface area contributed by atoms with Gasteiger partial charge in [-0.15, -0.1) is 0 Å². The van der Waals surface area contributed by atoms with Crippen molar-refractivity contribution in [2.24, 2.45) is 0 Å². The normalized spacial score (nSPS) is 20.8. The van der Waals surface area contributed by atoms with E-state index < -0.39 is 0 Å². The van der Waals surface area contributed by atoms with Crippen LogP contribution >= 0.6 is 0 Å². The van der Waals surface area contributed by atoms with Gasteiger partial charge in [0.15, 0.2) is 0 Å². The second-order valence-electron chi connectivity index (χ2n) is 6.20. The van der Waals surface area contributed by atoms with Crippen molar-refractivity contribution < 1.29 is 9.59 Å². The molecule has 0 N–H and O–H groups in total. The zero-order valence-electron chi connectivity index (χ0n) is 12.8. The van der Waals surface area contributed by atoms with Gasteiger partial charge in [0.05, 0.1) is 0 Å². The van der Waals surface area contributed by atoms with Crippen molar-refractivity contribution in [3.8, 4) is 0 Å². The highest BCUT2D eigenvalue weighted by Gasteiger charge is 2.25. The van der Waals surface area contributed by atoms with Crippen LogP contribution in [0.3, 0.4) is 0 Å². The lowest BCUT2D eigenvalue weighted by molar-refractivity contribution is -0.134. The van der Waals surface area contributed by atoms with Gasteiger partial charge in [-0.2, -0.15) is 0 Å². The minimum absolute atomic E-state index is 0.126. The van der Waals surface area contributed by atoms with Crippen molar-refractivity contribution in [1.82, 2.24) is 9.80 Å². The quantitative estimate of drug-likeness (QED) is 0.794. The van der Waals surface area contributed by atoms with E-state index in [1.807, 2.05) is 9.80 Å². The molecule has 2 aliphatic rings. The summed E-state index contributed by atoms with van der Waals surface area (Å²) in [5.74, 6) is 0.358. The molecule has 0 bridgehead atoms. The molecule has 4 heteroatoms. The molecular weight excluding hydrogens is 252 g/mol. The topological polar surface area (TPSA) is 40.6 Å². The van der Waals surface area contributed by atoms with E-state index in [1.54, 1.807) is 6.92 Å². The maximum absolute atomic E-state index is 12.3. The summed E-state index contributed by atoms with van der Waals surface area (Å²) in [6, 6.07) is 0.379. The first-order valence-corrected chi connectivity index (χ1v) is 8.23. The third-order valence-corrected chi connectivity index (χ3v) is 4.70. The standard InChI is InChI=1S/C16H28N2O2/c1-14(19)18(15-8-4-5-9-15)13-10-16(20)17-11-6-2-3-7-12-17/h15H,2-13H2,1H3. The number of hydrogen-bond acceptors (Lipinski definition) is 2. The Morgan fingerprint density at radius 3 is 2.15 bits per heavy atom. The minimum Gasteiger partial charge on any atom is -0.343 e. The zero-order valence-corrected chi connectivity index (χ0v) is 12.8. The Bertz CT molecular complexity index is 329. The predicted octanol–water partition coefficient (Wildman–Crippen LogP) is 2.57. The van der Waals surface area contributed by atoms with E-state index in [-0.39, 0.29) is 11.8 Å². The van der Waals surface area contributed by atoms with Gasteiger partial charge >= 0.3 is 0 Å². The summed E-state index contributed by atoms with van der Waals surface area (Å²) in [6.45, 7) is 4.05. The largest absolute Gasteiger partial charge is 0.343 e. The van der Waals surface area contributed by atoms with Crippen molar-refractivity contribution in [2.45, 2.75) is 70.8 Å². The number of nitrogens with zero attached hydrogens (tertiary/aromatic N) is 2. The zero-order chi connectivity index (χ0) is 14.4. The van der Waals surface area contributed by atoms with Gasteiger partial charge in [-0.05, 0) is 25.7 Å². The van der Waals surface area contributed by atoms with E-state index in [0.29, 0.717) is 19.0 Å². The van der Waals surface area contributed by atoms with Crippen LogP contribution in [0, 0.1) is 0 Å². The molecule has 2 amide bonds. The Morgan fingerprint density at radius 2 is 1.60 bits per heavy atom. The molecule has 0 radical (unpaired) electrons. The first-order chi connectivity index (χ1) is 9.68. The molecule has 0 spiro atoms. The average Bonchev–Trinajstić information content (AvgIpc) is 2.80. The molecule has 20 heavy (non-hydrogen) atoms. The molecule has 114 valence electrons. The van der Waals surface area contributed by atoms with E-state index in [2.05, 4.69) is 0 Å². The summed E-state index contributed by atoms with van der Waals surface area (Å²) in [6.07, 6.45) is 9.89. The molecule has 4 nitrogen and oxygen atoms in total. The number of likely N-dealkylation sites (tertiary alicyclic amines) is 1. The minimum atomic E-state index is 0.126. The smallest absolute Gasteiger partial charge is 0.224 e. The lowest BCUT2D eigenvalue weighted by Gasteiger charge is -2.29. The Morgan fingerprint density at radius 1 is 1.00 bits per heavy atom. The van der Waals surface area contributed by atoms with E-state index in [0.717, 1.165) is 38.8 Å². The number of amides is 2. The van der Waals surface area contributed by atoms with Crippen LogP contribution in [-0.4, -0.2) is 47.3 Å².